The first kappa shape index (κ1) is 19.9. The Morgan fingerprint density at radius 3 is 1.62 bits per heavy atom. The standard InChI is InChI=1S/C13H24O11/c14-1-4-8(18)10(20)12(6(3-16)22-4)24-13-11(21)9(19)7(17)5(2-15)23-13/h4-21H,1-3H2/t4-,5+,6+,7-,8-,9-,10+,11+,12+,13-/m0/s1. The van der Waals surface area contributed by atoms with E-state index in [9.17, 15) is 30.6 Å². The average molecular weight is 356 g/mol. The van der Waals surface area contributed by atoms with Gasteiger partial charge in [-0.2, -0.15) is 0 Å². The average Bonchev–Trinajstić information content (AvgIpc) is 2.59. The van der Waals surface area contributed by atoms with E-state index in [0.717, 1.165) is 0 Å². The molecule has 2 aliphatic rings. The summed E-state index contributed by atoms with van der Waals surface area (Å²) in [5, 5.41) is 77.0. The largest absolute Gasteiger partial charge is 0.394 e. The molecule has 2 saturated heterocycles. The zero-order valence-corrected chi connectivity index (χ0v) is 12.7. The molecule has 0 aromatic carbocycles. The van der Waals surface area contributed by atoms with Crippen molar-refractivity contribution in [2.45, 2.75) is 61.2 Å². The van der Waals surface area contributed by atoms with E-state index in [4.69, 9.17) is 24.4 Å². The molecule has 2 heterocycles. The van der Waals surface area contributed by atoms with Gasteiger partial charge >= 0.3 is 0 Å². The summed E-state index contributed by atoms with van der Waals surface area (Å²) in [5.74, 6) is 0. The van der Waals surface area contributed by atoms with Crippen LogP contribution in [0.1, 0.15) is 0 Å². The highest BCUT2D eigenvalue weighted by atomic mass is 16.7. The van der Waals surface area contributed by atoms with E-state index in [-0.39, 0.29) is 0 Å². The fraction of sp³-hybridized carbons (Fsp3) is 1.00. The van der Waals surface area contributed by atoms with Gasteiger partial charge in [0.15, 0.2) is 6.29 Å². The highest BCUT2D eigenvalue weighted by molar-refractivity contribution is 4.95. The Morgan fingerprint density at radius 1 is 0.583 bits per heavy atom. The quantitative estimate of drug-likeness (QED) is 0.235. The van der Waals surface area contributed by atoms with Gasteiger partial charge in [0, 0.05) is 0 Å². The number of hydrogen-bond acceptors (Lipinski definition) is 11. The van der Waals surface area contributed by atoms with E-state index in [0.29, 0.717) is 0 Å². The summed E-state index contributed by atoms with van der Waals surface area (Å²) < 4.78 is 15.7. The van der Waals surface area contributed by atoms with Crippen molar-refractivity contribution in [1.82, 2.24) is 0 Å². The molecule has 0 aromatic rings. The first-order chi connectivity index (χ1) is 11.3. The molecule has 2 aliphatic heterocycles. The van der Waals surface area contributed by atoms with Crippen molar-refractivity contribution in [3.05, 3.63) is 0 Å². The zero-order valence-electron chi connectivity index (χ0n) is 12.7. The Kier molecular flexibility index (Phi) is 6.87. The van der Waals surface area contributed by atoms with Crippen molar-refractivity contribution < 1.29 is 55.1 Å². The van der Waals surface area contributed by atoms with Crippen molar-refractivity contribution in [2.75, 3.05) is 19.8 Å². The van der Waals surface area contributed by atoms with E-state index < -0.39 is 81.0 Å². The van der Waals surface area contributed by atoms with Crippen LogP contribution in [0.4, 0.5) is 0 Å². The van der Waals surface area contributed by atoms with Gasteiger partial charge in [0.25, 0.3) is 0 Å². The van der Waals surface area contributed by atoms with Crippen LogP contribution < -0.4 is 0 Å². The van der Waals surface area contributed by atoms with Gasteiger partial charge < -0.3 is 55.1 Å². The third-order valence-electron chi connectivity index (χ3n) is 4.28. The predicted molar refractivity (Wildman–Crippen MR) is 73.5 cm³/mol. The molecule has 8 N–H and O–H groups in total. The molecular formula is C13H24O11. The number of rotatable bonds is 5. The van der Waals surface area contributed by atoms with Crippen molar-refractivity contribution in [3.63, 3.8) is 0 Å². The maximum Gasteiger partial charge on any atom is 0.187 e. The molecule has 0 radical (unpaired) electrons. The van der Waals surface area contributed by atoms with Gasteiger partial charge in [0.1, 0.15) is 54.9 Å². The van der Waals surface area contributed by atoms with Gasteiger partial charge in [-0.1, -0.05) is 0 Å². The Morgan fingerprint density at radius 2 is 1.08 bits per heavy atom. The third-order valence-corrected chi connectivity index (χ3v) is 4.28. The summed E-state index contributed by atoms with van der Waals surface area (Å²) in [6, 6.07) is 0. The van der Waals surface area contributed by atoms with Gasteiger partial charge in [-0.3, -0.25) is 0 Å². The molecular weight excluding hydrogens is 332 g/mol. The van der Waals surface area contributed by atoms with Crippen molar-refractivity contribution in [3.8, 4) is 0 Å². The number of aliphatic hydroxyl groups excluding tert-OH is 8. The van der Waals surface area contributed by atoms with Crippen LogP contribution in [0.25, 0.3) is 0 Å². The summed E-state index contributed by atoms with van der Waals surface area (Å²) in [5.41, 5.74) is 0. The normalized spacial score (nSPS) is 50.0. The molecule has 24 heavy (non-hydrogen) atoms. The molecule has 2 fully saturated rings. The van der Waals surface area contributed by atoms with Crippen LogP contribution in [-0.2, 0) is 14.2 Å². The minimum absolute atomic E-state index is 0.596. The smallest absolute Gasteiger partial charge is 0.187 e. The fourth-order valence-corrected chi connectivity index (χ4v) is 2.82. The van der Waals surface area contributed by atoms with E-state index in [1.807, 2.05) is 0 Å². The molecule has 0 saturated carbocycles. The van der Waals surface area contributed by atoms with Crippen molar-refractivity contribution >= 4 is 0 Å². The third kappa shape index (κ3) is 3.71. The molecule has 0 unspecified atom stereocenters. The zero-order chi connectivity index (χ0) is 18.0. The SMILES string of the molecule is OC[C@@H]1O[C@H](CO)[C@@H](O[C@@H]2O[C@H](CO)[C@H](O)[C@H](O)[C@H]2O)[C@H](O)[C@H]1O. The predicted octanol–water partition coefficient (Wildman–Crippen LogP) is -5.35. The second-order valence-electron chi connectivity index (χ2n) is 5.86. The number of aliphatic hydroxyl groups is 8. The molecule has 10 atom stereocenters. The van der Waals surface area contributed by atoms with Gasteiger partial charge in [-0.15, -0.1) is 0 Å². The summed E-state index contributed by atoms with van der Waals surface area (Å²) in [6.07, 6.45) is -14.5. The second-order valence-corrected chi connectivity index (χ2v) is 5.86. The van der Waals surface area contributed by atoms with Crippen LogP contribution >= 0.6 is 0 Å². The maximum absolute atomic E-state index is 10.1. The van der Waals surface area contributed by atoms with E-state index in [1.165, 1.54) is 0 Å². The Balaban J connectivity index is 2.12. The van der Waals surface area contributed by atoms with Crippen LogP contribution in [0.15, 0.2) is 0 Å². The molecule has 0 amide bonds. The van der Waals surface area contributed by atoms with E-state index in [1.54, 1.807) is 0 Å². The lowest BCUT2D eigenvalue weighted by Gasteiger charge is -2.45. The lowest BCUT2D eigenvalue weighted by Crippen LogP contribution is -2.64. The molecule has 2 rings (SSSR count). The minimum atomic E-state index is -1.71. The Labute approximate surface area is 137 Å². The van der Waals surface area contributed by atoms with Crippen molar-refractivity contribution in [1.29, 1.82) is 0 Å². The van der Waals surface area contributed by atoms with E-state index in [2.05, 4.69) is 0 Å². The summed E-state index contributed by atoms with van der Waals surface area (Å²) in [6.45, 7) is -1.88. The molecule has 142 valence electrons. The molecule has 11 heteroatoms. The number of ether oxygens (including phenoxy) is 3. The fourth-order valence-electron chi connectivity index (χ4n) is 2.82. The molecule has 11 nitrogen and oxygen atoms in total. The van der Waals surface area contributed by atoms with Gasteiger partial charge in [-0.05, 0) is 0 Å². The minimum Gasteiger partial charge on any atom is -0.394 e. The summed E-state index contributed by atoms with van der Waals surface area (Å²) in [7, 11) is 0. The Hall–Kier alpha value is -0.440. The van der Waals surface area contributed by atoms with Gasteiger partial charge in [-0.25, -0.2) is 0 Å². The second kappa shape index (κ2) is 8.29. The van der Waals surface area contributed by atoms with Gasteiger partial charge in [0.05, 0.1) is 19.8 Å². The highest BCUT2D eigenvalue weighted by Crippen LogP contribution is 2.28. The van der Waals surface area contributed by atoms with Crippen LogP contribution in [0.5, 0.6) is 0 Å². The first-order valence-corrected chi connectivity index (χ1v) is 7.55. The number of hydrogen-bond donors (Lipinski definition) is 8. The summed E-state index contributed by atoms with van der Waals surface area (Å²) in [4.78, 5) is 0. The van der Waals surface area contributed by atoms with Gasteiger partial charge in [0.2, 0.25) is 0 Å². The lowest BCUT2D eigenvalue weighted by atomic mass is 9.94. The molecule has 0 bridgehead atoms. The summed E-state index contributed by atoms with van der Waals surface area (Å²) >= 11 is 0. The maximum atomic E-state index is 10.1. The Bertz CT molecular complexity index is 392. The van der Waals surface area contributed by atoms with Crippen LogP contribution in [0.2, 0.25) is 0 Å². The molecule has 0 aromatic heterocycles. The lowest BCUT2D eigenvalue weighted by molar-refractivity contribution is -0.343. The monoisotopic (exact) mass is 356 g/mol. The van der Waals surface area contributed by atoms with E-state index >= 15 is 0 Å². The van der Waals surface area contributed by atoms with Crippen molar-refractivity contribution in [2.24, 2.45) is 0 Å². The highest BCUT2D eigenvalue weighted by Gasteiger charge is 2.50. The van der Waals surface area contributed by atoms with Crippen LogP contribution in [-0.4, -0.2) is 122 Å². The van der Waals surface area contributed by atoms with Crippen LogP contribution in [0.3, 0.4) is 0 Å². The molecule has 0 aliphatic carbocycles. The molecule has 0 spiro atoms. The van der Waals surface area contributed by atoms with Crippen LogP contribution in [0, 0.1) is 0 Å². The first-order valence-electron chi connectivity index (χ1n) is 7.55. The topological polar surface area (TPSA) is 190 Å².